The summed E-state index contributed by atoms with van der Waals surface area (Å²) in [5.41, 5.74) is 1.87. The van der Waals surface area contributed by atoms with Crippen molar-refractivity contribution >= 4 is 45.7 Å². The minimum Gasteiger partial charge on any atom is -0.159 e. The molecule has 2 rings (SSSR count). The van der Waals surface area contributed by atoms with Gasteiger partial charge in [0.15, 0.2) is 0 Å². The van der Waals surface area contributed by atoms with E-state index in [1.54, 1.807) is 12.2 Å². The van der Waals surface area contributed by atoms with Gasteiger partial charge in [-0.25, -0.2) is 0 Å². The van der Waals surface area contributed by atoms with Gasteiger partial charge in [0.25, 0.3) is 0 Å². The van der Waals surface area contributed by atoms with E-state index >= 15 is 0 Å². The molecule has 0 saturated carbocycles. The van der Waals surface area contributed by atoms with Gasteiger partial charge >= 0.3 is 0 Å². The highest BCUT2D eigenvalue weighted by atomic mass is 35.5. The molecule has 2 aromatic rings. The molecule has 0 aliphatic carbocycles. The Morgan fingerprint density at radius 2 is 1.00 bits per heavy atom. The summed E-state index contributed by atoms with van der Waals surface area (Å²) in [6.45, 7) is 0. The summed E-state index contributed by atoms with van der Waals surface area (Å²) in [5.74, 6) is 0. The van der Waals surface area contributed by atoms with Crippen molar-refractivity contribution in [2.24, 2.45) is 10.2 Å². The molecule has 2 aromatic carbocycles. The largest absolute Gasteiger partial charge is 0.159 e. The lowest BCUT2D eigenvalue weighted by Gasteiger charge is -1.95. The summed E-state index contributed by atoms with van der Waals surface area (Å²) >= 11 is 12.3. The van der Waals surface area contributed by atoms with Crippen LogP contribution in [0.5, 0.6) is 0 Å². The fourth-order valence-electron chi connectivity index (χ4n) is 1.66. The molecule has 0 radical (unpaired) electrons. The van der Waals surface area contributed by atoms with Crippen molar-refractivity contribution in [2.75, 3.05) is 0 Å². The predicted molar refractivity (Wildman–Crippen MR) is 97.5 cm³/mol. The molecule has 4 heteroatoms. The molecule has 0 fully saturated rings. The molecule has 0 aliphatic heterocycles. The fourth-order valence-corrected chi connectivity index (χ4v) is 2.03. The Kier molecular flexibility index (Phi) is 6.62. The van der Waals surface area contributed by atoms with E-state index in [9.17, 15) is 0 Å². The topological polar surface area (TPSA) is 24.7 Å². The van der Waals surface area contributed by atoms with Gasteiger partial charge in [-0.3, -0.25) is 0 Å². The van der Waals surface area contributed by atoms with Gasteiger partial charge in [0.1, 0.15) is 0 Å². The molecule has 0 spiro atoms. The predicted octanol–water partition coefficient (Wildman–Crippen LogP) is 5.60. The first kappa shape index (κ1) is 16.2. The molecular formula is C18H14Cl2N2. The Bertz CT molecular complexity index is 639. The minimum atomic E-state index is 0.609. The molecule has 0 heterocycles. The van der Waals surface area contributed by atoms with E-state index < -0.39 is 0 Å². The SMILES string of the molecule is Cl\C(=C/C=N\N=C/C=C(\Cl)c1ccccc1)c1ccccc1. The smallest absolute Gasteiger partial charge is 0.0510 e. The van der Waals surface area contributed by atoms with E-state index in [1.165, 1.54) is 12.4 Å². The van der Waals surface area contributed by atoms with E-state index in [0.29, 0.717) is 10.1 Å². The second-order valence-corrected chi connectivity index (χ2v) is 5.10. The number of benzene rings is 2. The van der Waals surface area contributed by atoms with Gasteiger partial charge in [0.2, 0.25) is 0 Å². The number of nitrogens with zero attached hydrogens (tertiary/aromatic N) is 2. The highest BCUT2D eigenvalue weighted by Crippen LogP contribution is 2.17. The first-order valence-corrected chi connectivity index (χ1v) is 7.42. The van der Waals surface area contributed by atoms with Crippen molar-refractivity contribution in [3.05, 3.63) is 83.9 Å². The van der Waals surface area contributed by atoms with E-state index in [-0.39, 0.29) is 0 Å². The Hall–Kier alpha value is -2.16. The van der Waals surface area contributed by atoms with E-state index in [2.05, 4.69) is 10.2 Å². The maximum absolute atomic E-state index is 6.13. The number of hydrogen-bond acceptors (Lipinski definition) is 2. The number of allylic oxidation sites excluding steroid dienone is 2. The molecule has 2 nitrogen and oxygen atoms in total. The van der Waals surface area contributed by atoms with Gasteiger partial charge < -0.3 is 0 Å². The first-order valence-electron chi connectivity index (χ1n) is 6.66. The van der Waals surface area contributed by atoms with Crippen LogP contribution >= 0.6 is 23.2 Å². The van der Waals surface area contributed by atoms with Crippen molar-refractivity contribution in [3.8, 4) is 0 Å². The van der Waals surface area contributed by atoms with Crippen LogP contribution in [0.2, 0.25) is 0 Å². The van der Waals surface area contributed by atoms with Crippen LogP contribution in [0.1, 0.15) is 11.1 Å². The van der Waals surface area contributed by atoms with Crippen LogP contribution in [0, 0.1) is 0 Å². The van der Waals surface area contributed by atoms with Crippen molar-refractivity contribution in [1.82, 2.24) is 0 Å². The van der Waals surface area contributed by atoms with Gasteiger partial charge in [-0.15, -0.1) is 0 Å². The molecule has 0 bridgehead atoms. The standard InChI is InChI=1S/C18H14Cl2N2/c19-17(15-7-3-1-4-8-15)11-13-21-22-14-12-18(20)16-9-5-2-6-10-16/h1-14H/b17-11-,18-12-,21-13-,22-14-. The summed E-state index contributed by atoms with van der Waals surface area (Å²) < 4.78 is 0. The Morgan fingerprint density at radius 3 is 1.36 bits per heavy atom. The second-order valence-electron chi connectivity index (χ2n) is 4.29. The summed E-state index contributed by atoms with van der Waals surface area (Å²) in [6, 6.07) is 19.3. The van der Waals surface area contributed by atoms with Crippen LogP contribution in [-0.4, -0.2) is 12.4 Å². The van der Waals surface area contributed by atoms with Crippen LogP contribution in [0.4, 0.5) is 0 Å². The number of halogens is 2. The molecule has 0 unspecified atom stereocenters. The van der Waals surface area contributed by atoms with E-state index in [0.717, 1.165) is 11.1 Å². The molecule has 110 valence electrons. The lowest BCUT2D eigenvalue weighted by atomic mass is 10.2. The molecule has 0 N–H and O–H groups in total. The van der Waals surface area contributed by atoms with E-state index in [4.69, 9.17) is 23.2 Å². The Labute approximate surface area is 140 Å². The lowest BCUT2D eigenvalue weighted by molar-refractivity contribution is 1.27. The minimum absolute atomic E-state index is 0.609. The van der Waals surface area contributed by atoms with Gasteiger partial charge in [-0.1, -0.05) is 83.9 Å². The average Bonchev–Trinajstić information content (AvgIpc) is 2.59. The number of hydrogen-bond donors (Lipinski definition) is 0. The molecule has 0 aliphatic rings. The van der Waals surface area contributed by atoms with Crippen LogP contribution in [0.3, 0.4) is 0 Å². The van der Waals surface area contributed by atoms with Crippen molar-refractivity contribution in [2.45, 2.75) is 0 Å². The van der Waals surface area contributed by atoms with Gasteiger partial charge in [0.05, 0.1) is 12.4 Å². The van der Waals surface area contributed by atoms with Gasteiger partial charge in [-0.2, -0.15) is 10.2 Å². The highest BCUT2D eigenvalue weighted by molar-refractivity contribution is 6.50. The quantitative estimate of drug-likeness (QED) is 0.504. The molecule has 0 saturated heterocycles. The summed E-state index contributed by atoms with van der Waals surface area (Å²) in [6.07, 6.45) is 6.46. The third kappa shape index (κ3) is 5.32. The zero-order valence-corrected chi connectivity index (χ0v) is 13.2. The van der Waals surface area contributed by atoms with Crippen molar-refractivity contribution < 1.29 is 0 Å². The molecule has 0 amide bonds. The van der Waals surface area contributed by atoms with Gasteiger partial charge in [0, 0.05) is 10.1 Å². The van der Waals surface area contributed by atoms with E-state index in [1.807, 2.05) is 60.7 Å². The van der Waals surface area contributed by atoms with Crippen LogP contribution in [-0.2, 0) is 0 Å². The highest BCUT2D eigenvalue weighted by Gasteiger charge is 1.94. The monoisotopic (exact) mass is 328 g/mol. The maximum atomic E-state index is 6.13. The average molecular weight is 329 g/mol. The lowest BCUT2D eigenvalue weighted by Crippen LogP contribution is -1.77. The molecule has 0 aromatic heterocycles. The second kappa shape index (κ2) is 8.98. The summed E-state index contributed by atoms with van der Waals surface area (Å²) in [5, 5.41) is 8.98. The maximum Gasteiger partial charge on any atom is 0.0510 e. The van der Waals surface area contributed by atoms with Crippen LogP contribution < -0.4 is 0 Å². The van der Waals surface area contributed by atoms with Crippen molar-refractivity contribution in [1.29, 1.82) is 0 Å². The number of rotatable bonds is 5. The normalized spacial score (nSPS) is 13.2. The molecular weight excluding hydrogens is 315 g/mol. The Morgan fingerprint density at radius 1 is 0.636 bits per heavy atom. The summed E-state index contributed by atoms with van der Waals surface area (Å²) in [7, 11) is 0. The zero-order valence-electron chi connectivity index (χ0n) is 11.7. The van der Waals surface area contributed by atoms with Crippen molar-refractivity contribution in [3.63, 3.8) is 0 Å². The fraction of sp³-hybridized carbons (Fsp3) is 0. The molecule has 22 heavy (non-hydrogen) atoms. The summed E-state index contributed by atoms with van der Waals surface area (Å²) in [4.78, 5) is 0. The molecule has 0 atom stereocenters. The zero-order chi connectivity index (χ0) is 15.6. The Balaban J connectivity index is 1.92. The first-order chi connectivity index (χ1) is 10.8. The van der Waals surface area contributed by atoms with Crippen LogP contribution in [0.25, 0.3) is 10.1 Å². The third-order valence-corrected chi connectivity index (χ3v) is 3.43. The third-order valence-electron chi connectivity index (χ3n) is 2.74. The van der Waals surface area contributed by atoms with Gasteiger partial charge in [-0.05, 0) is 23.3 Å². The van der Waals surface area contributed by atoms with Crippen LogP contribution in [0.15, 0.2) is 83.0 Å².